The summed E-state index contributed by atoms with van der Waals surface area (Å²) in [6, 6.07) is 14.2. The zero-order valence-corrected chi connectivity index (χ0v) is 15.2. The molecule has 0 saturated heterocycles. The first-order valence-corrected chi connectivity index (χ1v) is 8.99. The summed E-state index contributed by atoms with van der Waals surface area (Å²) >= 11 is 1.47. The topological polar surface area (TPSA) is 68.0 Å². The van der Waals surface area contributed by atoms with Crippen LogP contribution in [-0.4, -0.2) is 21.3 Å². The van der Waals surface area contributed by atoms with Crippen LogP contribution in [0.15, 0.2) is 57.9 Å². The van der Waals surface area contributed by atoms with Crippen molar-refractivity contribution in [3.8, 4) is 11.4 Å². The van der Waals surface area contributed by atoms with E-state index in [1.165, 1.54) is 23.4 Å². The Labute approximate surface area is 155 Å². The Morgan fingerprint density at radius 3 is 2.69 bits per heavy atom. The summed E-state index contributed by atoms with van der Waals surface area (Å²) in [5, 5.41) is 6.25. The molecule has 0 aliphatic rings. The largest absolute Gasteiger partial charge is 0.346 e. The summed E-state index contributed by atoms with van der Waals surface area (Å²) in [6.45, 7) is 3.95. The van der Waals surface area contributed by atoms with E-state index >= 15 is 0 Å². The average Bonchev–Trinajstić information content (AvgIpc) is 3.10. The van der Waals surface area contributed by atoms with Crippen LogP contribution >= 0.6 is 11.8 Å². The van der Waals surface area contributed by atoms with E-state index < -0.39 is 5.82 Å². The second kappa shape index (κ2) is 8.14. The van der Waals surface area contributed by atoms with Crippen molar-refractivity contribution in [3.63, 3.8) is 0 Å². The number of hydrogen-bond acceptors (Lipinski definition) is 5. The molecule has 3 aromatic rings. The highest BCUT2D eigenvalue weighted by Crippen LogP contribution is 2.23. The van der Waals surface area contributed by atoms with Crippen LogP contribution in [0.4, 0.5) is 4.39 Å². The van der Waals surface area contributed by atoms with Crippen molar-refractivity contribution < 1.29 is 13.7 Å². The van der Waals surface area contributed by atoms with Crippen LogP contribution < -0.4 is 5.32 Å². The predicted octanol–water partition coefficient (Wildman–Crippen LogP) is 3.98. The molecular weight excluding hydrogens is 353 g/mol. The number of amides is 1. The lowest BCUT2D eigenvalue weighted by Gasteiger charge is -2.10. The molecule has 1 N–H and O–H groups in total. The van der Waals surface area contributed by atoms with E-state index in [1.807, 2.05) is 38.1 Å². The van der Waals surface area contributed by atoms with Crippen molar-refractivity contribution in [1.82, 2.24) is 15.5 Å². The van der Waals surface area contributed by atoms with Gasteiger partial charge in [-0.2, -0.15) is 4.98 Å². The lowest BCUT2D eigenvalue weighted by molar-refractivity contribution is -0.120. The van der Waals surface area contributed by atoms with Crippen LogP contribution in [0, 0.1) is 12.7 Å². The van der Waals surface area contributed by atoms with E-state index in [-0.39, 0.29) is 35.0 Å². The lowest BCUT2D eigenvalue weighted by atomic mass is 10.2. The second-order valence-corrected chi connectivity index (χ2v) is 7.20. The van der Waals surface area contributed by atoms with E-state index in [4.69, 9.17) is 4.52 Å². The number of nitrogens with one attached hydrogen (secondary N) is 1. The molecule has 1 aromatic heterocycles. The molecular formula is C19H18FN3O2S. The summed E-state index contributed by atoms with van der Waals surface area (Å²) in [6.07, 6.45) is 0. The summed E-state index contributed by atoms with van der Waals surface area (Å²) in [5.41, 5.74) is 1.44. The van der Waals surface area contributed by atoms with Crippen molar-refractivity contribution >= 4 is 17.7 Å². The number of carbonyl (C=O) groups excluding carboxylic acids is 1. The monoisotopic (exact) mass is 371 g/mol. The first kappa shape index (κ1) is 18.1. The minimum absolute atomic E-state index is 0.0963. The maximum Gasteiger partial charge on any atom is 0.246 e. The fourth-order valence-electron chi connectivity index (χ4n) is 2.26. The van der Waals surface area contributed by atoms with Crippen molar-refractivity contribution in [1.29, 1.82) is 0 Å². The number of thioether (sulfide) groups is 1. The zero-order valence-electron chi connectivity index (χ0n) is 14.4. The number of aromatic nitrogens is 2. The quantitative estimate of drug-likeness (QED) is 0.664. The Morgan fingerprint density at radius 2 is 1.96 bits per heavy atom. The van der Waals surface area contributed by atoms with Gasteiger partial charge >= 0.3 is 0 Å². The Bertz CT molecular complexity index is 896. The number of aryl methyl sites for hydroxylation is 1. The molecule has 134 valence electrons. The van der Waals surface area contributed by atoms with E-state index in [0.717, 1.165) is 4.90 Å². The van der Waals surface area contributed by atoms with Crippen LogP contribution in [0.25, 0.3) is 11.4 Å². The molecule has 5 nitrogen and oxygen atoms in total. The first-order valence-electron chi connectivity index (χ1n) is 8.11. The molecule has 0 bridgehead atoms. The lowest BCUT2D eigenvalue weighted by Crippen LogP contribution is -2.30. The smallest absolute Gasteiger partial charge is 0.246 e. The van der Waals surface area contributed by atoms with Gasteiger partial charge in [0, 0.05) is 4.90 Å². The molecule has 3 rings (SSSR count). The molecule has 26 heavy (non-hydrogen) atoms. The third-order valence-electron chi connectivity index (χ3n) is 3.70. The van der Waals surface area contributed by atoms with E-state index in [0.29, 0.717) is 0 Å². The van der Waals surface area contributed by atoms with Gasteiger partial charge in [0.1, 0.15) is 5.82 Å². The molecule has 0 fully saturated rings. The molecule has 0 saturated carbocycles. The van der Waals surface area contributed by atoms with Gasteiger partial charge in [-0.05, 0) is 38.1 Å². The Morgan fingerprint density at radius 1 is 1.23 bits per heavy atom. The van der Waals surface area contributed by atoms with Gasteiger partial charge in [0.15, 0.2) is 0 Å². The van der Waals surface area contributed by atoms with Crippen LogP contribution in [0.3, 0.4) is 0 Å². The molecule has 7 heteroatoms. The summed E-state index contributed by atoms with van der Waals surface area (Å²) < 4.78 is 18.8. The zero-order chi connectivity index (χ0) is 18.5. The second-order valence-electron chi connectivity index (χ2n) is 5.78. The maximum atomic E-state index is 13.7. The SMILES string of the molecule is Cc1ccc(SC(C)C(=O)NCc2nc(-c3ccccc3F)no2)cc1. The normalized spacial score (nSPS) is 12.0. The molecule has 0 spiro atoms. The standard InChI is InChI=1S/C19H18FN3O2S/c1-12-7-9-14(10-8-12)26-13(2)19(24)21-11-17-22-18(23-25-17)15-5-3-4-6-16(15)20/h3-10,13H,11H2,1-2H3,(H,21,24). The van der Waals surface area contributed by atoms with E-state index in [2.05, 4.69) is 15.5 Å². The predicted molar refractivity (Wildman–Crippen MR) is 98.0 cm³/mol. The van der Waals surface area contributed by atoms with Crippen molar-refractivity contribution in [2.45, 2.75) is 30.5 Å². The molecule has 0 aliphatic heterocycles. The number of halogens is 1. The van der Waals surface area contributed by atoms with E-state index in [1.54, 1.807) is 18.2 Å². The minimum atomic E-state index is -0.424. The molecule has 0 radical (unpaired) electrons. The molecule has 2 aromatic carbocycles. The van der Waals surface area contributed by atoms with Crippen molar-refractivity contribution in [3.05, 3.63) is 65.8 Å². The Kier molecular flexibility index (Phi) is 5.68. The van der Waals surface area contributed by atoms with Gasteiger partial charge in [0.25, 0.3) is 0 Å². The third kappa shape index (κ3) is 4.49. The van der Waals surface area contributed by atoms with Crippen LogP contribution in [0.1, 0.15) is 18.4 Å². The van der Waals surface area contributed by atoms with Gasteiger partial charge in [-0.15, -0.1) is 11.8 Å². The fraction of sp³-hybridized carbons (Fsp3) is 0.211. The Hall–Kier alpha value is -2.67. The minimum Gasteiger partial charge on any atom is -0.346 e. The van der Waals surface area contributed by atoms with Gasteiger partial charge < -0.3 is 9.84 Å². The van der Waals surface area contributed by atoms with Gasteiger partial charge in [-0.25, -0.2) is 4.39 Å². The van der Waals surface area contributed by atoms with Crippen LogP contribution in [0.5, 0.6) is 0 Å². The van der Waals surface area contributed by atoms with Crippen LogP contribution in [0.2, 0.25) is 0 Å². The summed E-state index contributed by atoms with van der Waals surface area (Å²) in [7, 11) is 0. The highest BCUT2D eigenvalue weighted by molar-refractivity contribution is 8.00. The van der Waals surface area contributed by atoms with Crippen LogP contribution in [-0.2, 0) is 11.3 Å². The maximum absolute atomic E-state index is 13.7. The van der Waals surface area contributed by atoms with Gasteiger partial charge in [0.2, 0.25) is 17.6 Å². The van der Waals surface area contributed by atoms with E-state index in [9.17, 15) is 9.18 Å². The third-order valence-corrected chi connectivity index (χ3v) is 4.81. The van der Waals surface area contributed by atoms with Crippen molar-refractivity contribution in [2.24, 2.45) is 0 Å². The highest BCUT2D eigenvalue weighted by Gasteiger charge is 2.16. The van der Waals surface area contributed by atoms with Gasteiger partial charge in [-0.1, -0.05) is 35.0 Å². The fourth-order valence-corrected chi connectivity index (χ4v) is 3.15. The number of hydrogen-bond donors (Lipinski definition) is 1. The first-order chi connectivity index (χ1) is 12.5. The summed E-state index contributed by atoms with van der Waals surface area (Å²) in [4.78, 5) is 17.4. The molecule has 1 heterocycles. The highest BCUT2D eigenvalue weighted by atomic mass is 32.2. The molecule has 0 aliphatic carbocycles. The van der Waals surface area contributed by atoms with Gasteiger partial charge in [0.05, 0.1) is 17.4 Å². The number of rotatable bonds is 6. The molecule has 1 unspecified atom stereocenters. The Balaban J connectivity index is 1.56. The summed E-state index contributed by atoms with van der Waals surface area (Å²) in [5.74, 6) is -0.174. The van der Waals surface area contributed by atoms with Gasteiger partial charge in [-0.3, -0.25) is 4.79 Å². The van der Waals surface area contributed by atoms with Crippen molar-refractivity contribution in [2.75, 3.05) is 0 Å². The number of carbonyl (C=O) groups is 1. The number of benzene rings is 2. The molecule has 1 atom stereocenters. The number of nitrogens with zero attached hydrogens (tertiary/aromatic N) is 2. The molecule has 1 amide bonds. The average molecular weight is 371 g/mol.